The van der Waals surface area contributed by atoms with E-state index in [1.54, 1.807) is 4.90 Å². The number of para-hydroxylation sites is 1. The van der Waals surface area contributed by atoms with Crippen molar-refractivity contribution < 1.29 is 4.79 Å². The van der Waals surface area contributed by atoms with E-state index < -0.39 is 0 Å². The molecule has 3 heteroatoms. The summed E-state index contributed by atoms with van der Waals surface area (Å²) in [6.07, 6.45) is 4.04. The van der Waals surface area contributed by atoms with Crippen LogP contribution in [0.3, 0.4) is 0 Å². The lowest BCUT2D eigenvalue weighted by molar-refractivity contribution is -0.129. The summed E-state index contributed by atoms with van der Waals surface area (Å²) in [5, 5.41) is 0. The zero-order valence-electron chi connectivity index (χ0n) is 11.9. The molecule has 2 rings (SSSR count). The summed E-state index contributed by atoms with van der Waals surface area (Å²) < 4.78 is 0. The summed E-state index contributed by atoms with van der Waals surface area (Å²) in [6, 6.07) is 9.80. The lowest BCUT2D eigenvalue weighted by Crippen LogP contribution is -2.48. The van der Waals surface area contributed by atoms with Crippen LogP contribution in [0.1, 0.15) is 32.6 Å². The molecule has 1 aliphatic carbocycles. The SMILES string of the molecule is CC1CCC(CN)(C(=O)N(C)c2ccccc2)CC1. The first kappa shape index (κ1) is 14.1. The molecule has 1 aliphatic rings. The molecule has 0 radical (unpaired) electrons. The predicted octanol–water partition coefficient (Wildman–Crippen LogP) is 2.80. The van der Waals surface area contributed by atoms with Gasteiger partial charge in [0.25, 0.3) is 0 Å². The normalized spacial score (nSPS) is 27.0. The van der Waals surface area contributed by atoms with Crippen LogP contribution >= 0.6 is 0 Å². The minimum absolute atomic E-state index is 0.174. The van der Waals surface area contributed by atoms with E-state index in [9.17, 15) is 4.79 Å². The molecule has 0 bridgehead atoms. The second-order valence-electron chi connectivity index (χ2n) is 5.87. The van der Waals surface area contributed by atoms with Crippen LogP contribution in [0, 0.1) is 11.3 Å². The van der Waals surface area contributed by atoms with Crippen molar-refractivity contribution in [2.45, 2.75) is 32.6 Å². The monoisotopic (exact) mass is 260 g/mol. The van der Waals surface area contributed by atoms with Crippen molar-refractivity contribution in [2.24, 2.45) is 17.1 Å². The molecule has 1 fully saturated rings. The number of carbonyl (C=O) groups excluding carboxylic acids is 1. The zero-order chi connectivity index (χ0) is 13.9. The molecule has 2 N–H and O–H groups in total. The Balaban J connectivity index is 2.17. The largest absolute Gasteiger partial charge is 0.329 e. The number of hydrogen-bond acceptors (Lipinski definition) is 2. The summed E-state index contributed by atoms with van der Waals surface area (Å²) in [7, 11) is 1.85. The highest BCUT2D eigenvalue weighted by atomic mass is 16.2. The average molecular weight is 260 g/mol. The Labute approximate surface area is 115 Å². The molecular weight excluding hydrogens is 236 g/mol. The van der Waals surface area contributed by atoms with Gasteiger partial charge in [0.2, 0.25) is 5.91 Å². The molecular formula is C16H24N2O. The maximum atomic E-state index is 12.8. The van der Waals surface area contributed by atoms with Crippen LogP contribution in [0.5, 0.6) is 0 Å². The molecule has 19 heavy (non-hydrogen) atoms. The fourth-order valence-corrected chi connectivity index (χ4v) is 2.94. The van der Waals surface area contributed by atoms with E-state index in [1.807, 2.05) is 37.4 Å². The van der Waals surface area contributed by atoms with Gasteiger partial charge in [-0.1, -0.05) is 25.1 Å². The van der Waals surface area contributed by atoms with Gasteiger partial charge in [0.15, 0.2) is 0 Å². The Morgan fingerprint density at radius 2 is 1.89 bits per heavy atom. The van der Waals surface area contributed by atoms with Crippen LogP contribution in [-0.2, 0) is 4.79 Å². The third-order valence-corrected chi connectivity index (χ3v) is 4.52. The summed E-state index contributed by atoms with van der Waals surface area (Å²) in [6.45, 7) is 2.71. The maximum absolute atomic E-state index is 12.8. The van der Waals surface area contributed by atoms with Gasteiger partial charge in [0.1, 0.15) is 0 Å². The summed E-state index contributed by atoms with van der Waals surface area (Å²) >= 11 is 0. The van der Waals surface area contributed by atoms with Gasteiger partial charge in [-0.15, -0.1) is 0 Å². The molecule has 0 aromatic heterocycles. The fourth-order valence-electron chi connectivity index (χ4n) is 2.94. The van der Waals surface area contributed by atoms with E-state index in [4.69, 9.17) is 5.73 Å². The van der Waals surface area contributed by atoms with E-state index in [0.29, 0.717) is 6.54 Å². The predicted molar refractivity (Wildman–Crippen MR) is 79.0 cm³/mol. The quantitative estimate of drug-likeness (QED) is 0.908. The number of amides is 1. The van der Waals surface area contributed by atoms with Gasteiger partial charge in [-0.05, 0) is 43.7 Å². The third kappa shape index (κ3) is 2.81. The van der Waals surface area contributed by atoms with Gasteiger partial charge < -0.3 is 10.6 Å². The van der Waals surface area contributed by atoms with E-state index >= 15 is 0 Å². The molecule has 0 saturated heterocycles. The number of nitrogens with zero attached hydrogens (tertiary/aromatic N) is 1. The third-order valence-electron chi connectivity index (χ3n) is 4.52. The van der Waals surface area contributed by atoms with Gasteiger partial charge in [-0.2, -0.15) is 0 Å². The van der Waals surface area contributed by atoms with E-state index in [-0.39, 0.29) is 11.3 Å². The van der Waals surface area contributed by atoms with E-state index in [1.165, 1.54) is 0 Å². The average Bonchev–Trinajstić information content (AvgIpc) is 2.48. The highest BCUT2D eigenvalue weighted by Crippen LogP contribution is 2.40. The lowest BCUT2D eigenvalue weighted by Gasteiger charge is -2.39. The van der Waals surface area contributed by atoms with Gasteiger partial charge in [-0.25, -0.2) is 0 Å². The maximum Gasteiger partial charge on any atom is 0.234 e. The van der Waals surface area contributed by atoms with Crippen LogP contribution in [0.25, 0.3) is 0 Å². The second-order valence-corrected chi connectivity index (χ2v) is 5.87. The summed E-state index contributed by atoms with van der Waals surface area (Å²) in [5.74, 6) is 0.891. The molecule has 0 heterocycles. The first-order valence-electron chi connectivity index (χ1n) is 7.12. The Bertz CT molecular complexity index is 422. The van der Waals surface area contributed by atoms with Crippen LogP contribution < -0.4 is 10.6 Å². The molecule has 1 aromatic rings. The van der Waals surface area contributed by atoms with E-state index in [2.05, 4.69) is 6.92 Å². The van der Waals surface area contributed by atoms with Crippen molar-refractivity contribution in [3.05, 3.63) is 30.3 Å². The molecule has 1 aromatic carbocycles. The molecule has 0 aliphatic heterocycles. The van der Waals surface area contributed by atoms with Crippen molar-refractivity contribution in [3.8, 4) is 0 Å². The zero-order valence-corrected chi connectivity index (χ0v) is 11.9. The number of carbonyl (C=O) groups is 1. The standard InChI is InChI=1S/C16H24N2O/c1-13-8-10-16(12-17,11-9-13)15(19)18(2)14-6-4-3-5-7-14/h3-7,13H,8-12,17H2,1-2H3. The summed E-state index contributed by atoms with van der Waals surface area (Å²) in [5.41, 5.74) is 6.55. The lowest BCUT2D eigenvalue weighted by atomic mass is 9.70. The molecule has 0 spiro atoms. The van der Waals surface area contributed by atoms with Gasteiger partial charge in [0, 0.05) is 19.3 Å². The van der Waals surface area contributed by atoms with E-state index in [0.717, 1.165) is 37.3 Å². The van der Waals surface area contributed by atoms with Gasteiger partial charge >= 0.3 is 0 Å². The number of nitrogens with two attached hydrogens (primary N) is 1. The minimum Gasteiger partial charge on any atom is -0.329 e. The fraction of sp³-hybridized carbons (Fsp3) is 0.562. The molecule has 3 nitrogen and oxygen atoms in total. The Morgan fingerprint density at radius 3 is 2.42 bits per heavy atom. The van der Waals surface area contributed by atoms with Crippen molar-refractivity contribution in [1.29, 1.82) is 0 Å². The first-order valence-corrected chi connectivity index (χ1v) is 7.12. The van der Waals surface area contributed by atoms with Crippen LogP contribution in [-0.4, -0.2) is 19.5 Å². The summed E-state index contributed by atoms with van der Waals surface area (Å²) in [4.78, 5) is 14.6. The number of hydrogen-bond donors (Lipinski definition) is 1. The van der Waals surface area contributed by atoms with Crippen molar-refractivity contribution in [3.63, 3.8) is 0 Å². The van der Waals surface area contributed by atoms with Crippen LogP contribution in [0.2, 0.25) is 0 Å². The minimum atomic E-state index is -0.350. The number of benzene rings is 1. The van der Waals surface area contributed by atoms with Crippen LogP contribution in [0.4, 0.5) is 5.69 Å². The number of rotatable bonds is 3. The highest BCUT2D eigenvalue weighted by molar-refractivity contribution is 5.97. The van der Waals surface area contributed by atoms with Gasteiger partial charge in [0.05, 0.1) is 5.41 Å². The topological polar surface area (TPSA) is 46.3 Å². The first-order chi connectivity index (χ1) is 9.09. The number of anilines is 1. The van der Waals surface area contributed by atoms with Crippen molar-refractivity contribution in [2.75, 3.05) is 18.5 Å². The molecule has 0 unspecified atom stereocenters. The van der Waals surface area contributed by atoms with Crippen molar-refractivity contribution in [1.82, 2.24) is 0 Å². The smallest absolute Gasteiger partial charge is 0.234 e. The van der Waals surface area contributed by atoms with Crippen molar-refractivity contribution >= 4 is 11.6 Å². The molecule has 1 saturated carbocycles. The molecule has 1 amide bonds. The molecule has 0 atom stereocenters. The highest BCUT2D eigenvalue weighted by Gasteiger charge is 2.41. The van der Waals surface area contributed by atoms with Crippen LogP contribution in [0.15, 0.2) is 30.3 Å². The Morgan fingerprint density at radius 1 is 1.32 bits per heavy atom. The Kier molecular flexibility index (Phi) is 4.25. The Hall–Kier alpha value is -1.35. The second kappa shape index (κ2) is 5.74. The van der Waals surface area contributed by atoms with Gasteiger partial charge in [-0.3, -0.25) is 4.79 Å². The molecule has 104 valence electrons.